The van der Waals surface area contributed by atoms with Crippen molar-refractivity contribution in [2.75, 3.05) is 70.3 Å². The Morgan fingerprint density at radius 2 is 1.17 bits per heavy atom. The summed E-state index contributed by atoms with van der Waals surface area (Å²) in [5.41, 5.74) is 0.601. The molecule has 0 saturated carbocycles. The van der Waals surface area contributed by atoms with Crippen molar-refractivity contribution < 1.29 is 42.5 Å². The molecule has 0 radical (unpaired) electrons. The van der Waals surface area contributed by atoms with Crippen molar-refractivity contribution in [2.45, 2.75) is 124 Å². The van der Waals surface area contributed by atoms with Crippen LogP contribution in [-0.4, -0.2) is 132 Å². The van der Waals surface area contributed by atoms with Gasteiger partial charge < -0.3 is 43.4 Å². The molecule has 4 fully saturated rings. The van der Waals surface area contributed by atoms with Gasteiger partial charge in [0.2, 0.25) is 5.91 Å². The van der Waals surface area contributed by atoms with Gasteiger partial charge in [-0.25, -0.2) is 14.0 Å². The minimum absolute atomic E-state index is 0.0721. The molecule has 13 nitrogen and oxygen atoms in total. The van der Waals surface area contributed by atoms with Gasteiger partial charge in [-0.3, -0.25) is 9.59 Å². The first-order valence-corrected chi connectivity index (χ1v) is 21.7. The van der Waals surface area contributed by atoms with Crippen LogP contribution in [0.4, 0.5) is 19.7 Å². The van der Waals surface area contributed by atoms with Crippen LogP contribution < -0.4 is 14.4 Å². The normalized spacial score (nSPS) is 20.0. The summed E-state index contributed by atoms with van der Waals surface area (Å²) in [4.78, 5) is 61.7. The van der Waals surface area contributed by atoms with Crippen LogP contribution in [0.1, 0.15) is 116 Å². The number of piperidine rings is 2. The number of anilines is 1. The van der Waals surface area contributed by atoms with Gasteiger partial charge in [0.1, 0.15) is 40.7 Å². The number of hydrogen-bond acceptors (Lipinski definition) is 9. The minimum Gasteiger partial charge on any atom is -0.490 e. The summed E-state index contributed by atoms with van der Waals surface area (Å²) in [5.74, 6) is 0.898. The number of amides is 4. The first-order chi connectivity index (χ1) is 28.1. The van der Waals surface area contributed by atoms with Crippen molar-refractivity contribution in [3.8, 4) is 11.5 Å². The van der Waals surface area contributed by atoms with Crippen LogP contribution in [0.2, 0.25) is 0 Å². The van der Waals surface area contributed by atoms with Gasteiger partial charge in [0, 0.05) is 107 Å². The first kappa shape index (κ1) is 44.8. The summed E-state index contributed by atoms with van der Waals surface area (Å²) in [7, 11) is 0. The van der Waals surface area contributed by atoms with Crippen molar-refractivity contribution in [1.82, 2.24) is 19.6 Å². The Labute approximate surface area is 355 Å². The van der Waals surface area contributed by atoms with Gasteiger partial charge in [-0.15, -0.1) is 0 Å². The summed E-state index contributed by atoms with van der Waals surface area (Å²) in [6, 6.07) is 10.4. The van der Waals surface area contributed by atoms with Crippen molar-refractivity contribution in [2.24, 2.45) is 5.41 Å². The molecule has 14 heteroatoms. The molecular weight excluding hydrogens is 770 g/mol. The lowest BCUT2D eigenvalue weighted by atomic mass is 9.86. The zero-order valence-corrected chi connectivity index (χ0v) is 37.2. The second-order valence-corrected chi connectivity index (χ2v) is 19.7. The molecule has 0 N–H and O–H groups in total. The second-order valence-electron chi connectivity index (χ2n) is 19.7. The fourth-order valence-corrected chi connectivity index (χ4v) is 8.30. The van der Waals surface area contributed by atoms with E-state index in [0.29, 0.717) is 107 Å². The molecule has 0 aliphatic carbocycles. The van der Waals surface area contributed by atoms with E-state index >= 15 is 0 Å². The summed E-state index contributed by atoms with van der Waals surface area (Å²) < 4.78 is 39.0. The summed E-state index contributed by atoms with van der Waals surface area (Å²) >= 11 is 0. The van der Waals surface area contributed by atoms with Crippen LogP contribution in [-0.2, 0) is 14.3 Å². The van der Waals surface area contributed by atoms with Crippen molar-refractivity contribution in [1.29, 1.82) is 0 Å². The highest BCUT2D eigenvalue weighted by Crippen LogP contribution is 2.38. The third kappa shape index (κ3) is 11.7. The predicted octanol–water partition coefficient (Wildman–Crippen LogP) is 7.71. The minimum atomic E-state index is -0.591. The number of likely N-dealkylation sites (tertiary alicyclic amines) is 3. The van der Waals surface area contributed by atoms with Crippen LogP contribution in [0.15, 0.2) is 36.4 Å². The van der Waals surface area contributed by atoms with Crippen LogP contribution in [0, 0.1) is 11.2 Å². The lowest BCUT2D eigenvalue weighted by Crippen LogP contribution is -2.50. The Balaban J connectivity index is 1.08. The molecule has 0 bridgehead atoms. The number of hydrogen-bond donors (Lipinski definition) is 0. The quantitative estimate of drug-likeness (QED) is 0.276. The van der Waals surface area contributed by atoms with E-state index in [1.807, 2.05) is 101 Å². The number of carbonyl (C=O) groups excluding carboxylic acids is 4. The van der Waals surface area contributed by atoms with Gasteiger partial charge >= 0.3 is 12.2 Å². The van der Waals surface area contributed by atoms with Crippen LogP contribution in [0.5, 0.6) is 11.5 Å². The van der Waals surface area contributed by atoms with E-state index in [1.54, 1.807) is 9.80 Å². The number of rotatable bonds is 7. The third-order valence-electron chi connectivity index (χ3n) is 11.4. The largest absolute Gasteiger partial charge is 0.490 e. The molecule has 2 aromatic rings. The highest BCUT2D eigenvalue weighted by atomic mass is 19.1. The Bertz CT molecular complexity index is 1860. The first-order valence-electron chi connectivity index (χ1n) is 21.7. The molecule has 2 aromatic carbocycles. The van der Waals surface area contributed by atoms with E-state index in [4.69, 9.17) is 18.9 Å². The number of benzene rings is 2. The standard InChI is InChI=1S/C46H66FN5O8/c1-44(2,3)41(54)50-17-12-31(13-18-50)38-26-32(10-11-39(38)58-36-16-21-52(30-36)43(56)60-46(7,8)9)40(53)49-19-14-35(15-20-49)57-37-28-33(47)27-34(29-37)48-22-24-51(25-23-48)42(55)59-45(4,5)6/h10-11,26-29,31,35-36H,12-25,30H2,1-9H3/t36-/m0/s1. The molecule has 4 aliphatic rings. The predicted molar refractivity (Wildman–Crippen MR) is 227 cm³/mol. The molecule has 4 amide bonds. The molecular formula is C46H66FN5O8. The van der Waals surface area contributed by atoms with E-state index in [1.165, 1.54) is 12.1 Å². The van der Waals surface area contributed by atoms with Gasteiger partial charge in [-0.2, -0.15) is 0 Å². The number of carbonyl (C=O) groups is 4. The molecule has 4 saturated heterocycles. The number of nitrogens with zero attached hydrogens (tertiary/aromatic N) is 5. The van der Waals surface area contributed by atoms with Crippen molar-refractivity contribution in [3.05, 3.63) is 53.3 Å². The number of piperazine rings is 1. The SMILES string of the molecule is CC(C)(C)OC(=O)N1CCN(c2cc(F)cc(OC3CCN(C(=O)c4ccc(O[C@H]5CCN(C(=O)OC(C)(C)C)C5)c(C5CCN(C(=O)C(C)(C)C)CC5)c4)CC3)c2)CC1. The Morgan fingerprint density at radius 3 is 1.77 bits per heavy atom. The molecule has 0 aromatic heterocycles. The summed E-state index contributed by atoms with van der Waals surface area (Å²) in [5, 5.41) is 0. The van der Waals surface area contributed by atoms with Crippen molar-refractivity contribution in [3.63, 3.8) is 0 Å². The number of halogens is 1. The molecule has 60 heavy (non-hydrogen) atoms. The Morgan fingerprint density at radius 1 is 0.600 bits per heavy atom. The molecule has 4 heterocycles. The Hall–Kier alpha value is -4.75. The highest BCUT2D eigenvalue weighted by Gasteiger charge is 2.35. The summed E-state index contributed by atoms with van der Waals surface area (Å²) in [6.07, 6.45) is 2.24. The lowest BCUT2D eigenvalue weighted by Gasteiger charge is -2.37. The van der Waals surface area contributed by atoms with Crippen molar-refractivity contribution >= 4 is 29.7 Å². The van der Waals surface area contributed by atoms with Gasteiger partial charge in [-0.05, 0) is 90.1 Å². The van der Waals surface area contributed by atoms with E-state index in [2.05, 4.69) is 0 Å². The maximum absolute atomic E-state index is 14.9. The maximum atomic E-state index is 14.9. The van der Waals surface area contributed by atoms with E-state index in [-0.39, 0.29) is 42.1 Å². The van der Waals surface area contributed by atoms with Gasteiger partial charge in [-0.1, -0.05) is 20.8 Å². The fourth-order valence-electron chi connectivity index (χ4n) is 8.30. The molecule has 0 unspecified atom stereocenters. The lowest BCUT2D eigenvalue weighted by molar-refractivity contribution is -0.140. The molecule has 6 rings (SSSR count). The highest BCUT2D eigenvalue weighted by molar-refractivity contribution is 5.94. The van der Waals surface area contributed by atoms with Gasteiger partial charge in [0.25, 0.3) is 5.91 Å². The maximum Gasteiger partial charge on any atom is 0.410 e. The van der Waals surface area contributed by atoms with Gasteiger partial charge in [0.05, 0.1) is 6.54 Å². The molecule has 4 aliphatic heterocycles. The third-order valence-corrected chi connectivity index (χ3v) is 11.4. The molecule has 330 valence electrons. The average Bonchev–Trinajstić information content (AvgIpc) is 3.65. The van der Waals surface area contributed by atoms with Crippen LogP contribution in [0.3, 0.4) is 0 Å². The second kappa shape index (κ2) is 18.1. The Kier molecular flexibility index (Phi) is 13.5. The number of ether oxygens (including phenoxy) is 4. The van der Waals surface area contributed by atoms with E-state index in [9.17, 15) is 23.6 Å². The van der Waals surface area contributed by atoms with E-state index in [0.717, 1.165) is 18.4 Å². The molecule has 0 spiro atoms. The van der Waals surface area contributed by atoms with Crippen LogP contribution in [0.25, 0.3) is 0 Å². The zero-order chi connectivity index (χ0) is 43.6. The van der Waals surface area contributed by atoms with Crippen LogP contribution >= 0.6 is 0 Å². The molecule has 1 atom stereocenters. The monoisotopic (exact) mass is 835 g/mol. The smallest absolute Gasteiger partial charge is 0.410 e. The topological polar surface area (TPSA) is 121 Å². The average molecular weight is 836 g/mol. The fraction of sp³-hybridized carbons (Fsp3) is 0.652. The zero-order valence-electron chi connectivity index (χ0n) is 37.2. The van der Waals surface area contributed by atoms with Gasteiger partial charge in [0.15, 0.2) is 0 Å². The summed E-state index contributed by atoms with van der Waals surface area (Å²) in [6.45, 7) is 22.1. The van der Waals surface area contributed by atoms with E-state index < -0.39 is 22.4 Å².